The summed E-state index contributed by atoms with van der Waals surface area (Å²) in [5.41, 5.74) is 3.63. The fourth-order valence-corrected chi connectivity index (χ4v) is 11.7. The molecule has 4 fully saturated rings. The number of nitrogens with one attached hydrogen (secondary N) is 1. The molecule has 0 spiro atoms. The molecule has 1 aromatic rings. The number of methoxy groups -OCH3 is 3. The van der Waals surface area contributed by atoms with Crippen LogP contribution in [0, 0.1) is 5.92 Å². The molecule has 30 nitrogen and oxygen atoms in total. The lowest BCUT2D eigenvalue weighted by atomic mass is 9.97. The van der Waals surface area contributed by atoms with Crippen LogP contribution in [0.3, 0.4) is 0 Å². The summed E-state index contributed by atoms with van der Waals surface area (Å²) in [5, 5.41) is 44.4. The van der Waals surface area contributed by atoms with Crippen LogP contribution in [0.5, 0.6) is 0 Å². The van der Waals surface area contributed by atoms with E-state index in [9.17, 15) is 67.0 Å². The highest BCUT2D eigenvalue weighted by atomic mass is 32.3. The van der Waals surface area contributed by atoms with Gasteiger partial charge in [0.1, 0.15) is 73.2 Å². The number of rotatable bonds is 33. The van der Waals surface area contributed by atoms with E-state index in [1.54, 1.807) is 13.8 Å². The van der Waals surface area contributed by atoms with E-state index in [1.807, 2.05) is 4.98 Å². The Morgan fingerprint density at radius 1 is 0.774 bits per heavy atom. The van der Waals surface area contributed by atoms with Crippen molar-refractivity contribution in [3.63, 3.8) is 0 Å². The number of aromatic amines is 1. The second kappa shape index (κ2) is 33.0. The van der Waals surface area contributed by atoms with Gasteiger partial charge < -0.3 is 78.4 Å². The topological polar surface area (TPSA) is 410 Å². The SMILES string of the molecule is CCCCCCCCCCCCC[C@@H](CC(=O)O[C@@H]1CN(C)[C@H]([C@H](O[C@H]2O[C@H](CN)[C@H](O)[C@@H]2O)[C@@H]2O[C@@H](n3ccc(=O)[nH]c3=O)[C@H](OS(=O)(=O)O)[C@@H]2O)C(=O)N(C)[C@H]1C(=O)O)OC(=O)C[C@H](C)CC(=O)O[C@H]1O[C@H](C)[C@@H](OC)[C@H](OC)[C@H]1OC. The summed E-state index contributed by atoms with van der Waals surface area (Å²) in [5.74, 6) is -5.92. The van der Waals surface area contributed by atoms with Crippen LogP contribution < -0.4 is 17.0 Å². The third-order valence-corrected chi connectivity index (χ3v) is 16.0. The number of nitrogens with two attached hydrogens (primary N) is 1. The number of aromatic nitrogens is 2. The van der Waals surface area contributed by atoms with Crippen molar-refractivity contribution in [2.45, 2.75) is 227 Å². The molecule has 4 saturated heterocycles. The van der Waals surface area contributed by atoms with Crippen LogP contribution in [0.4, 0.5) is 0 Å². The zero-order valence-electron chi connectivity index (χ0n) is 48.9. The molecule has 0 aliphatic carbocycles. The van der Waals surface area contributed by atoms with Crippen LogP contribution in [0.2, 0.25) is 0 Å². The number of aliphatic hydroxyl groups is 3. The van der Waals surface area contributed by atoms with Gasteiger partial charge in [0.25, 0.3) is 5.56 Å². The molecule has 8 N–H and O–H groups in total. The summed E-state index contributed by atoms with van der Waals surface area (Å²) < 4.78 is 97.4. The highest BCUT2D eigenvalue weighted by molar-refractivity contribution is 7.80. The Balaban J connectivity index is 1.37. The highest BCUT2D eigenvalue weighted by Crippen LogP contribution is 2.39. The van der Waals surface area contributed by atoms with Crippen molar-refractivity contribution in [2.75, 3.05) is 48.5 Å². The van der Waals surface area contributed by atoms with Crippen molar-refractivity contribution in [1.82, 2.24) is 19.4 Å². The first-order valence-electron chi connectivity index (χ1n) is 28.5. The molecule has 0 bridgehead atoms. The van der Waals surface area contributed by atoms with Crippen molar-refractivity contribution < 1.29 is 109 Å². The number of H-pyrrole nitrogens is 1. The predicted molar refractivity (Wildman–Crippen MR) is 290 cm³/mol. The Bertz CT molecular complexity index is 2520. The number of carbonyl (C=O) groups is 5. The molecular formula is C53H87N5O25S. The van der Waals surface area contributed by atoms with Crippen molar-refractivity contribution in [2.24, 2.45) is 11.7 Å². The quantitative estimate of drug-likeness (QED) is 0.0205. The summed E-state index contributed by atoms with van der Waals surface area (Å²) in [4.78, 5) is 98.0. The number of carboxylic acids is 1. The Hall–Kier alpha value is -4.58. The number of amides is 1. The zero-order valence-corrected chi connectivity index (χ0v) is 49.7. The van der Waals surface area contributed by atoms with E-state index in [-0.39, 0.29) is 25.8 Å². The van der Waals surface area contributed by atoms with Gasteiger partial charge in [-0.1, -0.05) is 78.1 Å². The molecule has 5 heterocycles. The lowest BCUT2D eigenvalue weighted by Gasteiger charge is -2.43. The summed E-state index contributed by atoms with van der Waals surface area (Å²) in [6, 6.07) is -3.00. The molecule has 1 aromatic heterocycles. The largest absolute Gasteiger partial charge is 0.480 e. The molecule has 0 radical (unpaired) electrons. The van der Waals surface area contributed by atoms with Gasteiger partial charge in [0, 0.05) is 66.6 Å². The lowest BCUT2D eigenvalue weighted by molar-refractivity contribution is -0.297. The zero-order chi connectivity index (χ0) is 62.2. The van der Waals surface area contributed by atoms with Gasteiger partial charge in [-0.3, -0.25) is 43.0 Å². The first kappa shape index (κ1) is 70.2. The van der Waals surface area contributed by atoms with Crippen LogP contribution in [0.15, 0.2) is 21.9 Å². The molecule has 4 aliphatic heterocycles. The van der Waals surface area contributed by atoms with Gasteiger partial charge >= 0.3 is 40.0 Å². The van der Waals surface area contributed by atoms with Crippen LogP contribution >= 0.6 is 0 Å². The summed E-state index contributed by atoms with van der Waals surface area (Å²) in [6.07, 6.45) is -12.9. The summed E-state index contributed by atoms with van der Waals surface area (Å²) >= 11 is 0. The van der Waals surface area contributed by atoms with E-state index >= 15 is 0 Å². The molecule has 0 aromatic carbocycles. The van der Waals surface area contributed by atoms with Crippen LogP contribution in [0.25, 0.3) is 0 Å². The number of carboxylic acid groups (broad SMARTS) is 1. The van der Waals surface area contributed by atoms with E-state index < -0.39 is 181 Å². The molecule has 480 valence electrons. The van der Waals surface area contributed by atoms with E-state index in [0.29, 0.717) is 15.9 Å². The molecule has 1 amide bonds. The molecule has 0 unspecified atom stereocenters. The van der Waals surface area contributed by atoms with Gasteiger partial charge in [-0.05, 0) is 32.7 Å². The predicted octanol–water partition coefficient (Wildman–Crippen LogP) is -0.337. The Labute approximate surface area is 487 Å². The van der Waals surface area contributed by atoms with E-state index in [0.717, 1.165) is 69.2 Å². The average molecular weight is 1230 g/mol. The number of hydrogen-bond donors (Lipinski definition) is 7. The van der Waals surface area contributed by atoms with Crippen LogP contribution in [-0.2, 0) is 85.9 Å². The van der Waals surface area contributed by atoms with Gasteiger partial charge in [-0.25, -0.2) is 13.8 Å². The number of ether oxygens (including phenoxy) is 10. The van der Waals surface area contributed by atoms with Crippen LogP contribution in [-0.4, -0.2) is 235 Å². The van der Waals surface area contributed by atoms with Gasteiger partial charge in [-0.15, -0.1) is 0 Å². The Morgan fingerprint density at radius 2 is 1.37 bits per heavy atom. The maximum Gasteiger partial charge on any atom is 0.397 e. The van der Waals surface area contributed by atoms with E-state index in [4.69, 9.17) is 57.3 Å². The minimum Gasteiger partial charge on any atom is -0.480 e. The molecular weight excluding hydrogens is 1140 g/mol. The third-order valence-electron chi connectivity index (χ3n) is 15.6. The molecule has 4 aliphatic rings. The third kappa shape index (κ3) is 19.0. The number of likely N-dealkylation sites (N-methyl/N-ethyl adjacent to an activating group) is 2. The number of carbonyl (C=O) groups excluding carboxylic acids is 4. The fraction of sp³-hybridized carbons (Fsp3) is 0.830. The monoisotopic (exact) mass is 1230 g/mol. The maximum atomic E-state index is 14.8. The van der Waals surface area contributed by atoms with Gasteiger partial charge in [0.2, 0.25) is 12.2 Å². The summed E-state index contributed by atoms with van der Waals surface area (Å²) in [6.45, 7) is 4.54. The fourth-order valence-electron chi connectivity index (χ4n) is 11.3. The molecule has 31 heteroatoms. The molecule has 84 heavy (non-hydrogen) atoms. The average Bonchev–Trinajstić information content (AvgIpc) is 3.03. The first-order valence-corrected chi connectivity index (χ1v) is 29.9. The Morgan fingerprint density at radius 3 is 1.93 bits per heavy atom. The highest BCUT2D eigenvalue weighted by Gasteiger charge is 2.59. The summed E-state index contributed by atoms with van der Waals surface area (Å²) in [7, 11) is 1.19. The second-order valence-corrected chi connectivity index (χ2v) is 23.0. The molecule has 19 atom stereocenters. The van der Waals surface area contributed by atoms with Crippen molar-refractivity contribution in [3.8, 4) is 0 Å². The van der Waals surface area contributed by atoms with E-state index in [2.05, 4.69) is 6.92 Å². The number of aliphatic hydroxyl groups excluding tert-OH is 3. The van der Waals surface area contributed by atoms with Crippen LogP contribution in [0.1, 0.15) is 123 Å². The standard InChI is InChI=1S/C53H87N5O25S/c1-9-10-11-12-13-14-15-16-17-18-19-20-30(77-34(60)23-28(2)24-35(61)80-52-47(75-8)46(74-7)42(73-6)29(3)76-52)25-36(62)78-32-27-56(4)38(48(66)57(5)37(32)50(67)68)43(82-51-40(64)39(63)31(26-54)79-51)44-41(65)45(83-84(70,71)72)49(81-44)58-22-21-33(59)55-53(58)69/h21-22,28-32,37-47,49,51-52,63-65H,9-20,23-27,54H2,1-8H3,(H,67,68)(H,55,59,69)(H,70,71,72)/t28-,29+,30-,31+,32+,37+,38+,39-,40-,41+,42+,43-,44+,45+,46-,47+,49+,51+,52+/m0/s1. The number of hydrogen-bond acceptors (Lipinski definition) is 25. The van der Waals surface area contributed by atoms with Crippen molar-refractivity contribution in [1.29, 1.82) is 0 Å². The number of aliphatic carboxylic acids is 1. The Kier molecular flexibility index (Phi) is 27.5. The minimum atomic E-state index is -5.49. The number of unbranched alkanes of at least 4 members (excludes halogenated alkanes) is 10. The van der Waals surface area contributed by atoms with Gasteiger partial charge in [0.05, 0.1) is 12.5 Å². The molecule has 0 saturated carbocycles. The normalized spacial score (nSPS) is 31.5. The maximum absolute atomic E-state index is 14.8. The lowest BCUT2D eigenvalue weighted by Crippen LogP contribution is -2.59. The number of nitrogens with zero attached hydrogens (tertiary/aromatic N) is 3. The second-order valence-electron chi connectivity index (χ2n) is 21.9. The first-order chi connectivity index (χ1) is 39.8. The van der Waals surface area contributed by atoms with Crippen molar-refractivity contribution >= 4 is 40.2 Å². The van der Waals surface area contributed by atoms with Crippen molar-refractivity contribution in [3.05, 3.63) is 33.1 Å². The van der Waals surface area contributed by atoms with Gasteiger partial charge in [0.15, 0.2) is 24.7 Å². The van der Waals surface area contributed by atoms with E-state index in [1.165, 1.54) is 47.6 Å². The smallest absolute Gasteiger partial charge is 0.397 e. The molecule has 5 rings (SSSR count). The minimum absolute atomic E-state index is 0.187. The van der Waals surface area contributed by atoms with Gasteiger partial charge in [-0.2, -0.15) is 8.42 Å². The number of esters is 3.